The van der Waals surface area contributed by atoms with E-state index >= 15 is 0 Å². The van der Waals surface area contributed by atoms with Gasteiger partial charge in [0.05, 0.1) is 7.11 Å². The third kappa shape index (κ3) is 6.34. The van der Waals surface area contributed by atoms with Gasteiger partial charge in [-0.3, -0.25) is 4.79 Å². The summed E-state index contributed by atoms with van der Waals surface area (Å²) in [5.74, 6) is 1.38. The van der Waals surface area contributed by atoms with Gasteiger partial charge in [-0.2, -0.15) is 0 Å². The Hall–Kier alpha value is -3.35. The van der Waals surface area contributed by atoms with Gasteiger partial charge in [0, 0.05) is 22.5 Å². The number of amides is 1. The molecule has 0 fully saturated rings. The summed E-state index contributed by atoms with van der Waals surface area (Å²) in [7, 11) is 1.64. The number of thiazole rings is 1. The molecule has 1 amide bonds. The topological polar surface area (TPSA) is 60.5 Å². The second-order valence-electron chi connectivity index (χ2n) is 7.33. The normalized spacial score (nSPS) is 10.6. The Bertz CT molecular complexity index is 1210. The van der Waals surface area contributed by atoms with E-state index in [-0.39, 0.29) is 5.91 Å². The number of carbonyl (C=O) groups excluding carboxylic acids is 1. The maximum absolute atomic E-state index is 12.5. The summed E-state index contributed by atoms with van der Waals surface area (Å²) < 4.78 is 11.1. The number of ether oxygens (including phenoxy) is 2. The first-order valence-corrected chi connectivity index (χ1v) is 11.7. The molecule has 4 rings (SSSR count). The number of nitrogens with zero attached hydrogens (tertiary/aromatic N) is 1. The zero-order valence-electron chi connectivity index (χ0n) is 18.1. The first kappa shape index (κ1) is 22.8. The van der Waals surface area contributed by atoms with Gasteiger partial charge in [0.2, 0.25) is 0 Å². The third-order valence-corrected chi connectivity index (χ3v) is 6.14. The standard InChI is InChI=1S/C26H23ClN2O3S/c1-31-22-11-7-18(8-12-22)13-14-28-25(30)24-17-33-26(29-24)20-3-2-4-23(15-20)32-16-19-5-9-21(27)10-6-19/h2-12,15,17H,13-14,16H2,1H3,(H,28,30). The van der Waals surface area contributed by atoms with E-state index in [1.165, 1.54) is 11.3 Å². The quantitative estimate of drug-likeness (QED) is 0.319. The van der Waals surface area contributed by atoms with Crippen LogP contribution in [-0.4, -0.2) is 24.5 Å². The Morgan fingerprint density at radius 2 is 1.76 bits per heavy atom. The van der Waals surface area contributed by atoms with Crippen molar-refractivity contribution in [2.24, 2.45) is 0 Å². The van der Waals surface area contributed by atoms with E-state index < -0.39 is 0 Å². The van der Waals surface area contributed by atoms with Crippen LogP contribution < -0.4 is 14.8 Å². The molecule has 0 radical (unpaired) electrons. The fraction of sp³-hybridized carbons (Fsp3) is 0.154. The van der Waals surface area contributed by atoms with Gasteiger partial charge in [-0.1, -0.05) is 48.0 Å². The molecule has 0 aliphatic rings. The number of hydrogen-bond donors (Lipinski definition) is 1. The fourth-order valence-electron chi connectivity index (χ4n) is 3.18. The summed E-state index contributed by atoms with van der Waals surface area (Å²) in [6.07, 6.45) is 0.736. The molecular formula is C26H23ClN2O3S. The van der Waals surface area contributed by atoms with Crippen molar-refractivity contribution >= 4 is 28.8 Å². The zero-order chi connectivity index (χ0) is 23.0. The van der Waals surface area contributed by atoms with Crippen LogP contribution in [0, 0.1) is 0 Å². The van der Waals surface area contributed by atoms with Crippen LogP contribution in [0.15, 0.2) is 78.2 Å². The molecule has 0 unspecified atom stereocenters. The van der Waals surface area contributed by atoms with Crippen molar-refractivity contribution < 1.29 is 14.3 Å². The van der Waals surface area contributed by atoms with Crippen molar-refractivity contribution in [2.75, 3.05) is 13.7 Å². The van der Waals surface area contributed by atoms with Crippen LogP contribution in [0.5, 0.6) is 11.5 Å². The predicted molar refractivity (Wildman–Crippen MR) is 132 cm³/mol. The molecule has 0 spiro atoms. The largest absolute Gasteiger partial charge is 0.497 e. The molecule has 0 saturated carbocycles. The number of halogens is 1. The van der Waals surface area contributed by atoms with Gasteiger partial charge >= 0.3 is 0 Å². The lowest BCUT2D eigenvalue weighted by atomic mass is 10.1. The minimum absolute atomic E-state index is 0.179. The van der Waals surface area contributed by atoms with Crippen molar-refractivity contribution in [3.05, 3.63) is 100 Å². The van der Waals surface area contributed by atoms with Crippen LogP contribution >= 0.6 is 22.9 Å². The van der Waals surface area contributed by atoms with E-state index in [0.717, 1.165) is 39.6 Å². The van der Waals surface area contributed by atoms with Crippen LogP contribution in [0.3, 0.4) is 0 Å². The van der Waals surface area contributed by atoms with Gasteiger partial charge in [0.15, 0.2) is 0 Å². The number of nitrogens with one attached hydrogen (secondary N) is 1. The Balaban J connectivity index is 1.32. The first-order valence-electron chi connectivity index (χ1n) is 10.4. The van der Waals surface area contributed by atoms with E-state index in [1.54, 1.807) is 12.5 Å². The molecule has 1 aromatic heterocycles. The van der Waals surface area contributed by atoms with Gasteiger partial charge in [-0.25, -0.2) is 4.98 Å². The third-order valence-electron chi connectivity index (χ3n) is 4.99. The van der Waals surface area contributed by atoms with Gasteiger partial charge < -0.3 is 14.8 Å². The summed E-state index contributed by atoms with van der Waals surface area (Å²) in [6.45, 7) is 0.979. The van der Waals surface area contributed by atoms with Gasteiger partial charge in [-0.15, -0.1) is 11.3 Å². The molecule has 5 nitrogen and oxygen atoms in total. The number of rotatable bonds is 9. The van der Waals surface area contributed by atoms with Crippen molar-refractivity contribution in [1.29, 1.82) is 0 Å². The molecule has 4 aromatic rings. The number of hydrogen-bond acceptors (Lipinski definition) is 5. The zero-order valence-corrected chi connectivity index (χ0v) is 19.7. The molecule has 0 saturated heterocycles. The highest BCUT2D eigenvalue weighted by Crippen LogP contribution is 2.27. The molecule has 168 valence electrons. The van der Waals surface area contributed by atoms with Crippen molar-refractivity contribution in [2.45, 2.75) is 13.0 Å². The van der Waals surface area contributed by atoms with Crippen LogP contribution in [0.25, 0.3) is 10.6 Å². The number of aromatic nitrogens is 1. The summed E-state index contributed by atoms with van der Waals surface area (Å²) >= 11 is 7.36. The molecule has 0 aliphatic carbocycles. The molecule has 0 atom stereocenters. The molecule has 0 bridgehead atoms. The Labute approximate surface area is 202 Å². The maximum Gasteiger partial charge on any atom is 0.270 e. The monoisotopic (exact) mass is 478 g/mol. The fourth-order valence-corrected chi connectivity index (χ4v) is 4.10. The molecule has 1 heterocycles. The van der Waals surface area contributed by atoms with Crippen molar-refractivity contribution in [3.63, 3.8) is 0 Å². The number of benzene rings is 3. The lowest BCUT2D eigenvalue weighted by Gasteiger charge is -2.07. The second-order valence-corrected chi connectivity index (χ2v) is 8.63. The summed E-state index contributed by atoms with van der Waals surface area (Å²) in [4.78, 5) is 17.0. The highest BCUT2D eigenvalue weighted by Gasteiger charge is 2.12. The van der Waals surface area contributed by atoms with Gasteiger partial charge in [-0.05, 0) is 53.9 Å². The first-order chi connectivity index (χ1) is 16.1. The van der Waals surface area contributed by atoms with Crippen molar-refractivity contribution in [1.82, 2.24) is 10.3 Å². The molecule has 3 aromatic carbocycles. The van der Waals surface area contributed by atoms with E-state index in [1.807, 2.05) is 72.8 Å². The Morgan fingerprint density at radius 1 is 1.00 bits per heavy atom. The van der Waals surface area contributed by atoms with Crippen LogP contribution in [0.4, 0.5) is 0 Å². The highest BCUT2D eigenvalue weighted by molar-refractivity contribution is 7.13. The van der Waals surface area contributed by atoms with Crippen LogP contribution in [-0.2, 0) is 13.0 Å². The SMILES string of the molecule is COc1ccc(CCNC(=O)c2csc(-c3cccc(OCc4ccc(Cl)cc4)c3)n2)cc1. The summed E-state index contributed by atoms with van der Waals surface area (Å²) in [5, 5.41) is 6.18. The summed E-state index contributed by atoms with van der Waals surface area (Å²) in [5.41, 5.74) is 3.49. The molecular weight excluding hydrogens is 456 g/mol. The smallest absolute Gasteiger partial charge is 0.270 e. The summed E-state index contributed by atoms with van der Waals surface area (Å²) in [6, 6.07) is 23.1. The average Bonchev–Trinajstić information content (AvgIpc) is 3.35. The van der Waals surface area contributed by atoms with E-state index in [9.17, 15) is 4.79 Å². The van der Waals surface area contributed by atoms with E-state index in [4.69, 9.17) is 21.1 Å². The minimum atomic E-state index is -0.179. The lowest BCUT2D eigenvalue weighted by molar-refractivity contribution is 0.0950. The molecule has 7 heteroatoms. The highest BCUT2D eigenvalue weighted by atomic mass is 35.5. The van der Waals surface area contributed by atoms with Crippen LogP contribution in [0.1, 0.15) is 21.6 Å². The predicted octanol–water partition coefficient (Wildman–Crippen LogP) is 6.02. The molecule has 0 aliphatic heterocycles. The van der Waals surface area contributed by atoms with E-state index in [0.29, 0.717) is 23.9 Å². The Morgan fingerprint density at radius 3 is 2.52 bits per heavy atom. The number of methoxy groups -OCH3 is 1. The lowest BCUT2D eigenvalue weighted by Crippen LogP contribution is -2.25. The van der Waals surface area contributed by atoms with Crippen LogP contribution in [0.2, 0.25) is 5.02 Å². The van der Waals surface area contributed by atoms with Crippen molar-refractivity contribution in [3.8, 4) is 22.1 Å². The van der Waals surface area contributed by atoms with Gasteiger partial charge in [0.25, 0.3) is 5.91 Å². The minimum Gasteiger partial charge on any atom is -0.497 e. The number of carbonyl (C=O) groups is 1. The van der Waals surface area contributed by atoms with E-state index in [2.05, 4.69) is 10.3 Å². The maximum atomic E-state index is 12.5. The molecule has 1 N–H and O–H groups in total. The molecule has 33 heavy (non-hydrogen) atoms. The average molecular weight is 479 g/mol. The Kier molecular flexibility index (Phi) is 7.60. The van der Waals surface area contributed by atoms with Gasteiger partial charge in [0.1, 0.15) is 28.8 Å². The second kappa shape index (κ2) is 11.0.